The Morgan fingerprint density at radius 1 is 1.00 bits per heavy atom. The number of nitrogens with two attached hydrogens (primary N) is 2. The van der Waals surface area contributed by atoms with Gasteiger partial charge in [0.05, 0.1) is 12.8 Å². The fraction of sp³-hybridized carbons (Fsp3) is 0.818. The molecule has 6 heteroatoms. The van der Waals surface area contributed by atoms with Crippen LogP contribution in [0.15, 0.2) is 0 Å². The monoisotopic (exact) mass is 248 g/mol. The number of rotatable bonds is 6. The summed E-state index contributed by atoms with van der Waals surface area (Å²) in [5, 5.41) is 16.3. The summed E-state index contributed by atoms with van der Waals surface area (Å²) in [5.74, 6) is -1.17. The summed E-state index contributed by atoms with van der Waals surface area (Å²) in [7, 11) is 0. The lowest BCUT2D eigenvalue weighted by molar-refractivity contribution is -0.138. The van der Waals surface area contributed by atoms with Crippen LogP contribution in [0.4, 0.5) is 0 Å². The molecule has 0 spiro atoms. The van der Waals surface area contributed by atoms with Gasteiger partial charge in [-0.05, 0) is 19.3 Å². The quantitative estimate of drug-likeness (QED) is 0.546. The van der Waals surface area contributed by atoms with Crippen LogP contribution in [0.25, 0.3) is 0 Å². The zero-order chi connectivity index (χ0) is 14.0. The van der Waals surface area contributed by atoms with Gasteiger partial charge >= 0.3 is 11.9 Å². The summed E-state index contributed by atoms with van der Waals surface area (Å²) in [4.78, 5) is 19.8. The van der Waals surface area contributed by atoms with Crippen molar-refractivity contribution in [1.29, 1.82) is 0 Å². The van der Waals surface area contributed by atoms with Crippen molar-refractivity contribution < 1.29 is 19.8 Å². The smallest absolute Gasteiger partial charge is 0.304 e. The van der Waals surface area contributed by atoms with Crippen molar-refractivity contribution in [3.05, 3.63) is 0 Å². The zero-order valence-corrected chi connectivity index (χ0v) is 10.7. The highest BCUT2D eigenvalue weighted by molar-refractivity contribution is 5.67. The molecule has 0 aliphatic carbocycles. The zero-order valence-electron chi connectivity index (χ0n) is 10.7. The summed E-state index contributed by atoms with van der Waals surface area (Å²) in [5.41, 5.74) is 10.6. The first-order chi connectivity index (χ1) is 7.65. The van der Waals surface area contributed by atoms with E-state index < -0.39 is 11.9 Å². The number of hydrogen-bond donors (Lipinski definition) is 4. The molecule has 0 radical (unpaired) electrons. The first-order valence-corrected chi connectivity index (χ1v) is 5.59. The van der Waals surface area contributed by atoms with E-state index in [1.165, 1.54) is 0 Å². The Bertz CT molecular complexity index is 230. The van der Waals surface area contributed by atoms with E-state index in [4.69, 9.17) is 21.7 Å². The number of carboxylic acids is 2. The molecule has 0 aromatic rings. The van der Waals surface area contributed by atoms with Gasteiger partial charge in [0, 0.05) is 12.1 Å². The molecule has 0 saturated carbocycles. The van der Waals surface area contributed by atoms with Gasteiger partial charge in [-0.15, -0.1) is 0 Å². The van der Waals surface area contributed by atoms with Gasteiger partial charge in [0.25, 0.3) is 0 Å². The summed E-state index contributed by atoms with van der Waals surface area (Å²) >= 11 is 0. The molecule has 0 rings (SSSR count). The normalized spacial score (nSPS) is 13.5. The Morgan fingerprint density at radius 3 is 1.59 bits per heavy atom. The highest BCUT2D eigenvalue weighted by atomic mass is 16.4. The van der Waals surface area contributed by atoms with E-state index in [9.17, 15) is 9.59 Å². The summed E-state index contributed by atoms with van der Waals surface area (Å²) in [6, 6.07) is -0.407. The fourth-order valence-electron chi connectivity index (χ4n) is 1.19. The SMILES string of the molecule is CC(C)C[C@@H](N)CC(=O)O.CC(N)CC(=O)O. The van der Waals surface area contributed by atoms with Gasteiger partial charge in [0.15, 0.2) is 0 Å². The Hall–Kier alpha value is -1.14. The van der Waals surface area contributed by atoms with Crippen LogP contribution in [0.2, 0.25) is 0 Å². The lowest BCUT2D eigenvalue weighted by atomic mass is 10.0. The summed E-state index contributed by atoms with van der Waals surface area (Å²) < 4.78 is 0. The predicted octanol–water partition coefficient (Wildman–Crippen LogP) is 0.643. The van der Waals surface area contributed by atoms with Crippen molar-refractivity contribution >= 4 is 11.9 Å². The molecule has 6 N–H and O–H groups in total. The van der Waals surface area contributed by atoms with Gasteiger partial charge in [-0.3, -0.25) is 9.59 Å². The van der Waals surface area contributed by atoms with E-state index in [0.717, 1.165) is 6.42 Å². The standard InChI is InChI=1S/C7H15NO2.C4H9NO2/c1-5(2)3-6(8)4-7(9)10;1-3(5)2-4(6)7/h5-6H,3-4,8H2,1-2H3,(H,9,10);3H,2,5H2,1H3,(H,6,7)/t6-;/m1./s1. The Morgan fingerprint density at radius 2 is 1.41 bits per heavy atom. The maximum absolute atomic E-state index is 10.1. The Kier molecular flexibility index (Phi) is 10.8. The largest absolute Gasteiger partial charge is 0.481 e. The second-order valence-electron chi connectivity index (χ2n) is 4.56. The minimum atomic E-state index is -0.838. The lowest BCUT2D eigenvalue weighted by Gasteiger charge is -2.10. The minimum Gasteiger partial charge on any atom is -0.481 e. The van der Waals surface area contributed by atoms with Gasteiger partial charge in [-0.2, -0.15) is 0 Å². The van der Waals surface area contributed by atoms with Crippen molar-refractivity contribution in [3.63, 3.8) is 0 Å². The van der Waals surface area contributed by atoms with Gasteiger partial charge < -0.3 is 21.7 Å². The predicted molar refractivity (Wildman–Crippen MR) is 65.6 cm³/mol. The second kappa shape index (κ2) is 10.0. The van der Waals surface area contributed by atoms with Crippen LogP contribution in [0, 0.1) is 5.92 Å². The number of carboxylic acid groups (broad SMARTS) is 2. The molecule has 17 heavy (non-hydrogen) atoms. The number of aliphatic carboxylic acids is 2. The third-order valence-electron chi connectivity index (χ3n) is 1.71. The first-order valence-electron chi connectivity index (χ1n) is 5.59. The first kappa shape index (κ1) is 18.2. The van der Waals surface area contributed by atoms with Crippen LogP contribution in [0.1, 0.15) is 40.0 Å². The van der Waals surface area contributed by atoms with E-state index in [0.29, 0.717) is 5.92 Å². The maximum Gasteiger partial charge on any atom is 0.304 e. The fourth-order valence-corrected chi connectivity index (χ4v) is 1.19. The van der Waals surface area contributed by atoms with Crippen LogP contribution in [0.5, 0.6) is 0 Å². The average Bonchev–Trinajstić information content (AvgIpc) is 1.97. The molecule has 0 amide bonds. The van der Waals surface area contributed by atoms with Crippen molar-refractivity contribution in [2.24, 2.45) is 17.4 Å². The Labute approximate surface area is 102 Å². The molecule has 0 fully saturated rings. The van der Waals surface area contributed by atoms with Crippen LogP contribution in [0.3, 0.4) is 0 Å². The molecule has 0 aliphatic rings. The molecular formula is C11H24N2O4. The molecule has 0 bridgehead atoms. The second-order valence-corrected chi connectivity index (χ2v) is 4.56. The van der Waals surface area contributed by atoms with Crippen molar-refractivity contribution in [1.82, 2.24) is 0 Å². The van der Waals surface area contributed by atoms with E-state index in [2.05, 4.69) is 0 Å². The van der Waals surface area contributed by atoms with Crippen molar-refractivity contribution in [2.45, 2.75) is 52.1 Å². The molecule has 0 saturated heterocycles. The van der Waals surface area contributed by atoms with Gasteiger partial charge in [0.1, 0.15) is 0 Å². The van der Waals surface area contributed by atoms with E-state index in [1.54, 1.807) is 6.92 Å². The third kappa shape index (κ3) is 20.8. The average molecular weight is 248 g/mol. The topological polar surface area (TPSA) is 127 Å². The Balaban J connectivity index is 0. The molecule has 0 aromatic carbocycles. The van der Waals surface area contributed by atoms with Crippen LogP contribution in [-0.4, -0.2) is 34.2 Å². The molecular weight excluding hydrogens is 224 g/mol. The molecule has 0 heterocycles. The highest BCUT2D eigenvalue weighted by Gasteiger charge is 2.08. The van der Waals surface area contributed by atoms with Gasteiger partial charge in [-0.1, -0.05) is 13.8 Å². The van der Waals surface area contributed by atoms with Crippen LogP contribution in [-0.2, 0) is 9.59 Å². The molecule has 102 valence electrons. The molecule has 2 atom stereocenters. The van der Waals surface area contributed by atoms with E-state index in [1.807, 2.05) is 13.8 Å². The number of carbonyl (C=O) groups is 2. The molecule has 1 unspecified atom stereocenters. The summed E-state index contributed by atoms with van der Waals surface area (Å²) in [6.45, 7) is 5.72. The van der Waals surface area contributed by atoms with Gasteiger partial charge in [-0.25, -0.2) is 0 Å². The number of hydrogen-bond acceptors (Lipinski definition) is 4. The van der Waals surface area contributed by atoms with E-state index in [-0.39, 0.29) is 24.9 Å². The van der Waals surface area contributed by atoms with Gasteiger partial charge in [0.2, 0.25) is 0 Å². The maximum atomic E-state index is 10.1. The van der Waals surface area contributed by atoms with Crippen molar-refractivity contribution in [3.8, 4) is 0 Å². The molecule has 0 aliphatic heterocycles. The lowest BCUT2D eigenvalue weighted by Crippen LogP contribution is -2.25. The highest BCUT2D eigenvalue weighted by Crippen LogP contribution is 2.04. The molecule has 6 nitrogen and oxygen atoms in total. The summed E-state index contributed by atoms with van der Waals surface area (Å²) in [6.07, 6.45) is 0.921. The van der Waals surface area contributed by atoms with Crippen LogP contribution < -0.4 is 11.5 Å². The van der Waals surface area contributed by atoms with Crippen LogP contribution >= 0.6 is 0 Å². The minimum absolute atomic E-state index is 0.0556. The van der Waals surface area contributed by atoms with E-state index >= 15 is 0 Å². The molecule has 0 aromatic heterocycles. The third-order valence-corrected chi connectivity index (χ3v) is 1.71. The van der Waals surface area contributed by atoms with Crippen molar-refractivity contribution in [2.75, 3.05) is 0 Å².